The first-order chi connectivity index (χ1) is 9.60. The highest BCUT2D eigenvalue weighted by molar-refractivity contribution is 5.38. The average Bonchev–Trinajstić information content (AvgIpc) is 2.48. The zero-order valence-corrected chi connectivity index (χ0v) is 10.5. The van der Waals surface area contributed by atoms with E-state index in [1.807, 2.05) is 0 Å². The largest absolute Gasteiger partial charge is 0.481 e. The van der Waals surface area contributed by atoms with Gasteiger partial charge in [-0.25, -0.2) is 23.6 Å². The number of pyridine rings is 1. The van der Waals surface area contributed by atoms with Gasteiger partial charge < -0.3 is 4.74 Å². The number of ether oxygens (including phenoxy) is 1. The van der Waals surface area contributed by atoms with Crippen molar-refractivity contribution in [1.29, 1.82) is 0 Å². The van der Waals surface area contributed by atoms with E-state index in [2.05, 4.69) is 10.4 Å². The van der Waals surface area contributed by atoms with Crippen LogP contribution < -0.4 is 16.0 Å². The van der Waals surface area contributed by atoms with E-state index < -0.39 is 23.5 Å². The Morgan fingerprint density at radius 2 is 1.90 bits per heavy atom. The number of hydrazine groups is 1. The van der Waals surface area contributed by atoms with Gasteiger partial charge in [0.1, 0.15) is 0 Å². The second kappa shape index (κ2) is 5.89. The van der Waals surface area contributed by atoms with Crippen LogP contribution in [0.25, 0.3) is 0 Å². The van der Waals surface area contributed by atoms with E-state index in [1.54, 1.807) is 12.1 Å². The first-order valence-corrected chi connectivity index (χ1v) is 5.68. The van der Waals surface area contributed by atoms with Crippen molar-refractivity contribution in [2.75, 3.05) is 7.11 Å². The molecular formula is C13H12F3N3O. The van der Waals surface area contributed by atoms with Crippen molar-refractivity contribution < 1.29 is 17.9 Å². The molecule has 2 rings (SSSR count). The van der Waals surface area contributed by atoms with Crippen LogP contribution in [0.4, 0.5) is 13.2 Å². The standard InChI is InChI=1S/C13H12F3N3O/c1-20-13-8(3-2-6-18-13)12(19-17)7-4-5-9(14)11(16)10(7)15/h2-6,12,19H,17H2,1H3. The number of benzene rings is 1. The molecule has 0 aliphatic heterocycles. The lowest BCUT2D eigenvalue weighted by Crippen LogP contribution is -2.30. The van der Waals surface area contributed by atoms with Crippen LogP contribution in [0.15, 0.2) is 30.5 Å². The van der Waals surface area contributed by atoms with E-state index in [0.29, 0.717) is 5.56 Å². The Balaban J connectivity index is 2.56. The SMILES string of the molecule is COc1ncccc1C(NN)c1ccc(F)c(F)c1F. The number of nitrogens with zero attached hydrogens (tertiary/aromatic N) is 1. The number of methoxy groups -OCH3 is 1. The van der Waals surface area contributed by atoms with Crippen LogP contribution in [0.1, 0.15) is 17.2 Å². The number of hydrogen-bond acceptors (Lipinski definition) is 4. The lowest BCUT2D eigenvalue weighted by molar-refractivity contribution is 0.384. The van der Waals surface area contributed by atoms with E-state index in [0.717, 1.165) is 12.1 Å². The number of hydrogen-bond donors (Lipinski definition) is 2. The van der Waals surface area contributed by atoms with Crippen molar-refractivity contribution in [3.05, 3.63) is 59.0 Å². The first kappa shape index (κ1) is 14.3. The molecule has 1 atom stereocenters. The van der Waals surface area contributed by atoms with Crippen molar-refractivity contribution in [2.45, 2.75) is 6.04 Å². The third-order valence-electron chi connectivity index (χ3n) is 2.85. The van der Waals surface area contributed by atoms with Gasteiger partial charge in [0, 0.05) is 17.3 Å². The van der Waals surface area contributed by atoms with Crippen LogP contribution in [0.5, 0.6) is 5.88 Å². The number of aromatic nitrogens is 1. The molecule has 0 spiro atoms. The molecule has 3 N–H and O–H groups in total. The number of nitrogens with two attached hydrogens (primary N) is 1. The van der Waals surface area contributed by atoms with Crippen molar-refractivity contribution in [2.24, 2.45) is 5.84 Å². The normalized spacial score (nSPS) is 12.2. The van der Waals surface area contributed by atoms with Crippen molar-refractivity contribution in [1.82, 2.24) is 10.4 Å². The molecule has 1 heterocycles. The predicted molar refractivity (Wildman–Crippen MR) is 66.3 cm³/mol. The van der Waals surface area contributed by atoms with Gasteiger partial charge in [0.25, 0.3) is 0 Å². The molecule has 2 aromatic rings. The van der Waals surface area contributed by atoms with Crippen LogP contribution in [0.2, 0.25) is 0 Å². The Hall–Kier alpha value is -2.12. The fourth-order valence-electron chi connectivity index (χ4n) is 1.90. The van der Waals surface area contributed by atoms with Crippen molar-refractivity contribution in [3.63, 3.8) is 0 Å². The van der Waals surface area contributed by atoms with Gasteiger partial charge in [0.15, 0.2) is 17.5 Å². The molecule has 106 valence electrons. The van der Waals surface area contributed by atoms with Gasteiger partial charge in [0.2, 0.25) is 5.88 Å². The van der Waals surface area contributed by atoms with Gasteiger partial charge in [-0.2, -0.15) is 0 Å². The number of nitrogens with one attached hydrogen (secondary N) is 1. The van der Waals surface area contributed by atoms with E-state index >= 15 is 0 Å². The van der Waals surface area contributed by atoms with E-state index in [4.69, 9.17) is 10.6 Å². The first-order valence-electron chi connectivity index (χ1n) is 5.68. The smallest absolute Gasteiger partial charge is 0.218 e. The van der Waals surface area contributed by atoms with Gasteiger partial charge in [-0.1, -0.05) is 12.1 Å². The lowest BCUT2D eigenvalue weighted by atomic mass is 9.99. The Labute approximate surface area is 113 Å². The van der Waals surface area contributed by atoms with Crippen LogP contribution in [-0.4, -0.2) is 12.1 Å². The summed E-state index contributed by atoms with van der Waals surface area (Å²) in [6, 6.07) is 4.22. The third kappa shape index (κ3) is 2.45. The second-order valence-electron chi connectivity index (χ2n) is 3.97. The van der Waals surface area contributed by atoms with E-state index in [1.165, 1.54) is 13.3 Å². The molecule has 0 fully saturated rings. The fourth-order valence-corrected chi connectivity index (χ4v) is 1.90. The minimum Gasteiger partial charge on any atom is -0.481 e. The molecule has 0 aliphatic rings. The van der Waals surface area contributed by atoms with Crippen molar-refractivity contribution >= 4 is 0 Å². The third-order valence-corrected chi connectivity index (χ3v) is 2.85. The maximum absolute atomic E-state index is 13.8. The molecular weight excluding hydrogens is 271 g/mol. The minimum atomic E-state index is -1.55. The molecule has 0 amide bonds. The Morgan fingerprint density at radius 1 is 1.15 bits per heavy atom. The highest BCUT2D eigenvalue weighted by Crippen LogP contribution is 2.30. The van der Waals surface area contributed by atoms with Crippen molar-refractivity contribution in [3.8, 4) is 5.88 Å². The van der Waals surface area contributed by atoms with Gasteiger partial charge in [-0.15, -0.1) is 0 Å². The number of rotatable bonds is 4. The molecule has 0 saturated heterocycles. The topological polar surface area (TPSA) is 60.2 Å². The molecule has 1 aromatic heterocycles. The zero-order valence-electron chi connectivity index (χ0n) is 10.5. The Kier molecular flexibility index (Phi) is 4.21. The summed E-state index contributed by atoms with van der Waals surface area (Å²) in [5, 5.41) is 0. The minimum absolute atomic E-state index is 0.141. The summed E-state index contributed by atoms with van der Waals surface area (Å²) >= 11 is 0. The quantitative estimate of drug-likeness (QED) is 0.512. The molecule has 4 nitrogen and oxygen atoms in total. The van der Waals surface area contributed by atoms with Gasteiger partial charge in [-0.3, -0.25) is 5.84 Å². The fraction of sp³-hybridized carbons (Fsp3) is 0.154. The summed E-state index contributed by atoms with van der Waals surface area (Å²) in [4.78, 5) is 3.95. The monoisotopic (exact) mass is 283 g/mol. The molecule has 0 bridgehead atoms. The molecule has 0 aliphatic carbocycles. The molecule has 1 aromatic carbocycles. The summed E-state index contributed by atoms with van der Waals surface area (Å²) in [6.45, 7) is 0. The van der Waals surface area contributed by atoms with Crippen LogP contribution in [0, 0.1) is 17.5 Å². The number of halogens is 3. The lowest BCUT2D eigenvalue weighted by Gasteiger charge is -2.19. The maximum Gasteiger partial charge on any atom is 0.218 e. The Morgan fingerprint density at radius 3 is 2.55 bits per heavy atom. The predicted octanol–water partition coefficient (Wildman–Crippen LogP) is 2.06. The zero-order chi connectivity index (χ0) is 14.7. The summed E-state index contributed by atoms with van der Waals surface area (Å²) in [5.74, 6) is 1.49. The maximum atomic E-state index is 13.8. The summed E-state index contributed by atoms with van der Waals surface area (Å²) in [5.41, 5.74) is 2.61. The average molecular weight is 283 g/mol. The molecule has 7 heteroatoms. The van der Waals surface area contributed by atoms with Crippen LogP contribution in [0.3, 0.4) is 0 Å². The summed E-state index contributed by atoms with van der Waals surface area (Å²) in [6.07, 6.45) is 1.48. The van der Waals surface area contributed by atoms with E-state index in [9.17, 15) is 13.2 Å². The molecule has 1 unspecified atom stereocenters. The van der Waals surface area contributed by atoms with E-state index in [-0.39, 0.29) is 11.4 Å². The Bertz CT molecular complexity index is 622. The molecule has 20 heavy (non-hydrogen) atoms. The van der Waals surface area contributed by atoms with Gasteiger partial charge in [-0.05, 0) is 12.1 Å². The van der Waals surface area contributed by atoms with Gasteiger partial charge >= 0.3 is 0 Å². The second-order valence-corrected chi connectivity index (χ2v) is 3.97. The van der Waals surface area contributed by atoms with Crippen LogP contribution in [-0.2, 0) is 0 Å². The highest BCUT2D eigenvalue weighted by atomic mass is 19.2. The van der Waals surface area contributed by atoms with Crippen LogP contribution >= 0.6 is 0 Å². The highest BCUT2D eigenvalue weighted by Gasteiger charge is 2.24. The summed E-state index contributed by atoms with van der Waals surface area (Å²) in [7, 11) is 1.39. The van der Waals surface area contributed by atoms with Gasteiger partial charge in [0.05, 0.1) is 13.2 Å². The summed E-state index contributed by atoms with van der Waals surface area (Å²) < 4.78 is 45.2. The molecule has 0 radical (unpaired) electrons. The molecule has 0 saturated carbocycles.